The van der Waals surface area contributed by atoms with E-state index in [1.807, 2.05) is 0 Å². The lowest BCUT2D eigenvalue weighted by Gasteiger charge is -2.47. The van der Waals surface area contributed by atoms with E-state index in [4.69, 9.17) is 4.42 Å². The Kier molecular flexibility index (Phi) is 10.7. The van der Waals surface area contributed by atoms with Gasteiger partial charge in [-0.15, -0.1) is 0 Å². The molecule has 0 atom stereocenters. The number of anilines is 9. The highest BCUT2D eigenvalue weighted by molar-refractivity contribution is 7.00. The molecule has 0 saturated heterocycles. The summed E-state index contributed by atoms with van der Waals surface area (Å²) in [5.74, 6) is 0. The molecule has 0 amide bonds. The molecule has 0 bridgehead atoms. The highest BCUT2D eigenvalue weighted by atomic mass is 16.3. The molecule has 9 aromatic rings. The van der Waals surface area contributed by atoms with Gasteiger partial charge in [0.25, 0.3) is 6.71 Å². The Bertz CT molecular complexity index is 4130. The van der Waals surface area contributed by atoms with Crippen LogP contribution in [0.15, 0.2) is 162 Å². The van der Waals surface area contributed by atoms with Gasteiger partial charge in [0.1, 0.15) is 5.58 Å². The lowest BCUT2D eigenvalue weighted by atomic mass is 9.35. The van der Waals surface area contributed by atoms with Crippen LogP contribution >= 0.6 is 0 Å². The van der Waals surface area contributed by atoms with Crippen molar-refractivity contribution in [2.75, 3.05) is 14.7 Å². The van der Waals surface area contributed by atoms with Gasteiger partial charge in [0, 0.05) is 50.5 Å². The van der Waals surface area contributed by atoms with Crippen molar-refractivity contribution < 1.29 is 4.42 Å². The standard InChI is InChI=1S/C77H80BN3O/c1-71(2)34-35-72(3,4)56-40-49(32-33-54(56)71)80-63-45-59-58(74(7,8)37-38-75(59,9)10)44-61(63)78-68-64(80)41-50(79(47-24-17-15-18-25-47)48-26-19-16-20-27-48)42-65(68)81(62-31-23-30-55-67(62)51-28-21-22-29-53(51)77(55,13)14)69-52-43-57-60(46-66(52)82-70(69)78)76(11,12)39-36-73(57,5)6/h15-33,40-46H,34-39H2,1-14H3. The molecule has 412 valence electrons. The average Bonchev–Trinajstić information content (AvgIpc) is 2.25. The van der Waals surface area contributed by atoms with Gasteiger partial charge in [-0.3, -0.25) is 0 Å². The van der Waals surface area contributed by atoms with E-state index in [2.05, 4.69) is 269 Å². The predicted molar refractivity (Wildman–Crippen MR) is 348 cm³/mol. The predicted octanol–water partition coefficient (Wildman–Crippen LogP) is 19.3. The third-order valence-corrected chi connectivity index (χ3v) is 21.8. The summed E-state index contributed by atoms with van der Waals surface area (Å²) in [6.07, 6.45) is 6.84. The molecule has 5 heteroatoms. The second kappa shape index (κ2) is 17.0. The van der Waals surface area contributed by atoms with E-state index >= 15 is 0 Å². The first-order valence-electron chi connectivity index (χ1n) is 30.8. The summed E-state index contributed by atoms with van der Waals surface area (Å²) >= 11 is 0. The minimum absolute atomic E-state index is 0.00101. The maximum Gasteiger partial charge on any atom is 0.297 e. The zero-order valence-electron chi connectivity index (χ0n) is 51.1. The quantitative estimate of drug-likeness (QED) is 0.160. The molecule has 15 rings (SSSR count). The van der Waals surface area contributed by atoms with Crippen LogP contribution in [0.2, 0.25) is 0 Å². The molecule has 0 N–H and O–H groups in total. The topological polar surface area (TPSA) is 22.9 Å². The van der Waals surface area contributed by atoms with Crippen molar-refractivity contribution in [3.8, 4) is 11.1 Å². The zero-order chi connectivity index (χ0) is 57.0. The monoisotopic (exact) mass is 1070 g/mol. The highest BCUT2D eigenvalue weighted by Gasteiger charge is 2.52. The molecule has 1 aromatic heterocycles. The van der Waals surface area contributed by atoms with E-state index in [1.54, 1.807) is 0 Å². The summed E-state index contributed by atoms with van der Waals surface area (Å²) in [4.78, 5) is 7.90. The number of para-hydroxylation sites is 2. The van der Waals surface area contributed by atoms with Crippen LogP contribution in [-0.2, 0) is 37.9 Å². The van der Waals surface area contributed by atoms with Crippen LogP contribution in [0.1, 0.15) is 180 Å². The Labute approximate surface area is 488 Å². The summed E-state index contributed by atoms with van der Waals surface area (Å²) in [6, 6.07) is 61.5. The molecule has 0 unspecified atom stereocenters. The van der Waals surface area contributed by atoms with Crippen LogP contribution in [0, 0.1) is 0 Å². The second-order valence-electron chi connectivity index (χ2n) is 30.1. The van der Waals surface area contributed by atoms with E-state index in [-0.39, 0.29) is 44.6 Å². The molecule has 8 aromatic carbocycles. The van der Waals surface area contributed by atoms with Gasteiger partial charge in [0.2, 0.25) is 0 Å². The normalized spacial score (nSPS) is 19.9. The number of hydrogen-bond donors (Lipinski definition) is 0. The minimum Gasteiger partial charge on any atom is -0.468 e. The molecule has 4 nitrogen and oxygen atoms in total. The number of fused-ring (bicyclic) bond motifs is 12. The summed E-state index contributed by atoms with van der Waals surface area (Å²) in [7, 11) is 0. The van der Waals surface area contributed by atoms with Crippen molar-refractivity contribution in [3.05, 3.63) is 202 Å². The Hall–Kier alpha value is -7.24. The number of furan rings is 1. The van der Waals surface area contributed by atoms with E-state index in [9.17, 15) is 0 Å². The van der Waals surface area contributed by atoms with Crippen molar-refractivity contribution >= 4 is 85.5 Å². The van der Waals surface area contributed by atoms with Gasteiger partial charge in [0.05, 0.1) is 22.7 Å². The third-order valence-electron chi connectivity index (χ3n) is 21.8. The molecule has 2 aliphatic heterocycles. The molecule has 4 aliphatic carbocycles. The third kappa shape index (κ3) is 7.22. The van der Waals surface area contributed by atoms with Gasteiger partial charge in [-0.2, -0.15) is 0 Å². The van der Waals surface area contributed by atoms with Crippen LogP contribution in [0.4, 0.5) is 51.2 Å². The SMILES string of the molecule is CC1(C)CCC(C)(C)c2cc(N3c4cc5c(cc4B4c6oc7cc8c(cc7c6N(c6cccc7c6-c6ccccc6C7(C)C)c6cc(N(c7ccccc7)c7ccccc7)cc3c64)C(C)(C)CCC8(C)C)C(C)(C)CCC5(C)C)ccc21. The maximum atomic E-state index is 7.95. The fourth-order valence-electron chi connectivity index (χ4n) is 16.5. The Balaban J connectivity index is 1.14. The Morgan fingerprint density at radius 1 is 0.390 bits per heavy atom. The lowest BCUT2D eigenvalue weighted by Crippen LogP contribution is -2.61. The fourth-order valence-corrected chi connectivity index (χ4v) is 16.5. The highest BCUT2D eigenvalue weighted by Crippen LogP contribution is 2.59. The van der Waals surface area contributed by atoms with E-state index < -0.39 is 0 Å². The van der Waals surface area contributed by atoms with Crippen molar-refractivity contribution in [2.45, 2.75) is 173 Å². The van der Waals surface area contributed by atoms with E-state index in [1.165, 1.54) is 107 Å². The number of benzene rings is 8. The number of rotatable bonds is 5. The van der Waals surface area contributed by atoms with Crippen molar-refractivity contribution in [1.82, 2.24) is 0 Å². The molecule has 0 spiro atoms. The van der Waals surface area contributed by atoms with Crippen LogP contribution < -0.4 is 31.3 Å². The number of hydrogen-bond acceptors (Lipinski definition) is 4. The number of nitrogens with zero attached hydrogens (tertiary/aromatic N) is 3. The maximum absolute atomic E-state index is 7.95. The first kappa shape index (κ1) is 51.6. The van der Waals surface area contributed by atoms with Crippen molar-refractivity contribution in [2.24, 2.45) is 0 Å². The van der Waals surface area contributed by atoms with Crippen LogP contribution in [0.5, 0.6) is 0 Å². The van der Waals surface area contributed by atoms with Gasteiger partial charge < -0.3 is 19.1 Å². The summed E-state index contributed by atoms with van der Waals surface area (Å²) in [6.45, 7) is 34.3. The van der Waals surface area contributed by atoms with Gasteiger partial charge in [-0.05, 0) is 205 Å². The van der Waals surface area contributed by atoms with Gasteiger partial charge >= 0.3 is 0 Å². The van der Waals surface area contributed by atoms with Crippen molar-refractivity contribution in [1.29, 1.82) is 0 Å². The van der Waals surface area contributed by atoms with E-state index in [0.717, 1.165) is 66.1 Å². The van der Waals surface area contributed by atoms with E-state index in [0.29, 0.717) is 0 Å². The molecular weight excluding hydrogens is 994 g/mol. The first-order chi connectivity index (χ1) is 38.9. The van der Waals surface area contributed by atoms with Gasteiger partial charge in [-0.25, -0.2) is 0 Å². The summed E-state index contributed by atoms with van der Waals surface area (Å²) in [5.41, 5.74) is 28.9. The summed E-state index contributed by atoms with van der Waals surface area (Å²) in [5, 5.41) is 1.19. The fraction of sp³-hybridized carbons (Fsp3) is 0.351. The largest absolute Gasteiger partial charge is 0.468 e. The molecule has 0 fully saturated rings. The smallest absolute Gasteiger partial charge is 0.297 e. The molecule has 3 heterocycles. The molecule has 6 aliphatic rings. The summed E-state index contributed by atoms with van der Waals surface area (Å²) < 4.78 is 7.95. The average molecular weight is 1070 g/mol. The second-order valence-corrected chi connectivity index (χ2v) is 30.1. The van der Waals surface area contributed by atoms with Gasteiger partial charge in [0.15, 0.2) is 0 Å². The van der Waals surface area contributed by atoms with Crippen LogP contribution in [-0.4, -0.2) is 6.71 Å². The first-order valence-corrected chi connectivity index (χ1v) is 30.8. The molecular formula is C77H80BN3O. The van der Waals surface area contributed by atoms with Crippen LogP contribution in [0.25, 0.3) is 22.1 Å². The Morgan fingerprint density at radius 3 is 1.50 bits per heavy atom. The molecule has 82 heavy (non-hydrogen) atoms. The Morgan fingerprint density at radius 2 is 0.890 bits per heavy atom. The lowest BCUT2D eigenvalue weighted by molar-refractivity contribution is 0.332. The van der Waals surface area contributed by atoms with Crippen molar-refractivity contribution in [3.63, 3.8) is 0 Å². The van der Waals surface area contributed by atoms with Crippen LogP contribution in [0.3, 0.4) is 0 Å². The minimum atomic E-state index is -0.219. The van der Waals surface area contributed by atoms with Gasteiger partial charge in [-0.1, -0.05) is 182 Å². The molecule has 0 radical (unpaired) electrons. The molecule has 0 saturated carbocycles. The zero-order valence-corrected chi connectivity index (χ0v) is 51.1.